The fraction of sp³-hybridized carbons (Fsp3) is 0.167. The van der Waals surface area contributed by atoms with Crippen molar-refractivity contribution in [2.45, 2.75) is 4.90 Å². The van der Waals surface area contributed by atoms with Crippen molar-refractivity contribution in [1.82, 2.24) is 10.2 Å². The molecule has 0 unspecified atom stereocenters. The summed E-state index contributed by atoms with van der Waals surface area (Å²) in [6, 6.07) is 5.15. The van der Waals surface area contributed by atoms with E-state index < -0.39 is 5.97 Å². The summed E-state index contributed by atoms with van der Waals surface area (Å²) in [6.45, 7) is 0.202. The minimum Gasteiger partial charge on any atom is -0.477 e. The Kier molecular flexibility index (Phi) is 2.83. The van der Waals surface area contributed by atoms with Crippen LogP contribution in [0.25, 0.3) is 11.3 Å². The molecule has 3 rings (SSSR count). The second-order valence-corrected chi connectivity index (χ2v) is 4.67. The van der Waals surface area contributed by atoms with E-state index in [-0.39, 0.29) is 12.5 Å². The Morgan fingerprint density at radius 1 is 1.47 bits per heavy atom. The summed E-state index contributed by atoms with van der Waals surface area (Å²) in [5.74, 6) is 0.345. The SMILES string of the molecule is CSc1c(-c2cc(C(=O)O)[nH]n2)ccc2c1OCO2. The van der Waals surface area contributed by atoms with Gasteiger partial charge in [0, 0.05) is 5.56 Å². The third-order valence-electron chi connectivity index (χ3n) is 2.78. The third kappa shape index (κ3) is 1.91. The Bertz CT molecular complexity index is 653. The first kappa shape index (κ1) is 11.9. The van der Waals surface area contributed by atoms with E-state index in [0.29, 0.717) is 17.2 Å². The van der Waals surface area contributed by atoms with Gasteiger partial charge in [0.15, 0.2) is 11.5 Å². The molecule has 0 amide bonds. The molecule has 1 aliphatic rings. The topological polar surface area (TPSA) is 84.4 Å². The molecular formula is C12H10N2O4S. The highest BCUT2D eigenvalue weighted by Crippen LogP contribution is 2.45. The Morgan fingerprint density at radius 2 is 2.32 bits per heavy atom. The molecule has 98 valence electrons. The lowest BCUT2D eigenvalue weighted by Crippen LogP contribution is -1.95. The van der Waals surface area contributed by atoms with Crippen LogP contribution < -0.4 is 9.47 Å². The van der Waals surface area contributed by atoms with Crippen molar-refractivity contribution >= 4 is 17.7 Å². The molecule has 19 heavy (non-hydrogen) atoms. The molecule has 0 bridgehead atoms. The van der Waals surface area contributed by atoms with Crippen LogP contribution in [-0.4, -0.2) is 34.3 Å². The average molecular weight is 278 g/mol. The van der Waals surface area contributed by atoms with Gasteiger partial charge < -0.3 is 14.6 Å². The number of ether oxygens (including phenoxy) is 2. The maximum absolute atomic E-state index is 10.9. The number of fused-ring (bicyclic) bond motifs is 1. The normalized spacial score (nSPS) is 12.7. The van der Waals surface area contributed by atoms with E-state index in [9.17, 15) is 4.79 Å². The number of nitrogens with zero attached hydrogens (tertiary/aromatic N) is 1. The number of thioether (sulfide) groups is 1. The zero-order valence-electron chi connectivity index (χ0n) is 9.97. The quantitative estimate of drug-likeness (QED) is 0.837. The number of aromatic carboxylic acids is 1. The predicted molar refractivity (Wildman–Crippen MR) is 68.9 cm³/mol. The molecule has 7 heteroatoms. The van der Waals surface area contributed by atoms with Gasteiger partial charge in [0.05, 0.1) is 10.6 Å². The van der Waals surface area contributed by atoms with Crippen LogP contribution in [0.1, 0.15) is 10.5 Å². The molecule has 0 radical (unpaired) electrons. The molecule has 0 aliphatic carbocycles. The lowest BCUT2D eigenvalue weighted by atomic mass is 10.1. The first-order chi connectivity index (χ1) is 9.20. The van der Waals surface area contributed by atoms with Gasteiger partial charge in [-0.15, -0.1) is 11.8 Å². The summed E-state index contributed by atoms with van der Waals surface area (Å²) in [5.41, 5.74) is 1.44. The number of hydrogen-bond acceptors (Lipinski definition) is 5. The van der Waals surface area contributed by atoms with Crippen LogP contribution in [0.3, 0.4) is 0 Å². The van der Waals surface area contributed by atoms with Gasteiger partial charge in [-0.3, -0.25) is 5.10 Å². The smallest absolute Gasteiger partial charge is 0.353 e. The molecule has 1 aromatic heterocycles. The van der Waals surface area contributed by atoms with E-state index >= 15 is 0 Å². The van der Waals surface area contributed by atoms with Crippen LogP contribution in [0.5, 0.6) is 11.5 Å². The number of nitrogens with one attached hydrogen (secondary N) is 1. The van der Waals surface area contributed by atoms with Gasteiger partial charge in [0.25, 0.3) is 0 Å². The van der Waals surface area contributed by atoms with E-state index in [1.165, 1.54) is 17.8 Å². The first-order valence-electron chi connectivity index (χ1n) is 5.46. The average Bonchev–Trinajstić information content (AvgIpc) is 3.05. The summed E-state index contributed by atoms with van der Waals surface area (Å²) in [5, 5.41) is 15.4. The van der Waals surface area contributed by atoms with Crippen molar-refractivity contribution in [3.8, 4) is 22.8 Å². The second kappa shape index (κ2) is 4.51. The highest BCUT2D eigenvalue weighted by atomic mass is 32.2. The Hall–Kier alpha value is -2.15. The van der Waals surface area contributed by atoms with Crippen LogP contribution in [0.4, 0.5) is 0 Å². The maximum atomic E-state index is 10.9. The van der Waals surface area contributed by atoms with Gasteiger partial charge >= 0.3 is 5.97 Å². The molecule has 0 fully saturated rings. The molecule has 0 atom stereocenters. The zero-order chi connectivity index (χ0) is 13.4. The number of aromatic amines is 1. The molecule has 2 N–H and O–H groups in total. The molecule has 0 spiro atoms. The predicted octanol–water partition coefficient (Wildman–Crippen LogP) is 2.23. The molecule has 0 saturated heterocycles. The van der Waals surface area contributed by atoms with Gasteiger partial charge in [0.2, 0.25) is 6.79 Å². The molecule has 0 saturated carbocycles. The fourth-order valence-corrected chi connectivity index (χ4v) is 2.66. The number of H-pyrrole nitrogens is 1. The summed E-state index contributed by atoms with van der Waals surface area (Å²) in [4.78, 5) is 11.8. The van der Waals surface area contributed by atoms with E-state index in [1.54, 1.807) is 6.07 Å². The standard InChI is InChI=1S/C12H10N2O4S/c1-19-11-6(2-3-9-10(11)18-5-17-9)7-4-8(12(15)16)14-13-7/h2-4H,5H2,1H3,(H,13,14)(H,15,16). The second-order valence-electron chi connectivity index (χ2n) is 3.85. The Morgan fingerprint density at radius 3 is 3.00 bits per heavy atom. The van der Waals surface area contributed by atoms with Gasteiger partial charge in [-0.25, -0.2) is 4.79 Å². The zero-order valence-corrected chi connectivity index (χ0v) is 10.8. The van der Waals surface area contributed by atoms with Crippen molar-refractivity contribution in [2.75, 3.05) is 13.0 Å². The number of aromatic nitrogens is 2. The van der Waals surface area contributed by atoms with Crippen LogP contribution in [0.2, 0.25) is 0 Å². The number of carboxylic acids is 1. The number of benzene rings is 1. The number of carboxylic acid groups (broad SMARTS) is 1. The van der Waals surface area contributed by atoms with Crippen molar-refractivity contribution in [3.63, 3.8) is 0 Å². The van der Waals surface area contributed by atoms with Crippen molar-refractivity contribution in [2.24, 2.45) is 0 Å². The van der Waals surface area contributed by atoms with Crippen LogP contribution >= 0.6 is 11.8 Å². The number of carbonyl (C=O) groups is 1. The highest BCUT2D eigenvalue weighted by molar-refractivity contribution is 7.98. The van der Waals surface area contributed by atoms with Crippen molar-refractivity contribution in [1.29, 1.82) is 0 Å². The van der Waals surface area contributed by atoms with Gasteiger partial charge in [-0.05, 0) is 24.5 Å². The third-order valence-corrected chi connectivity index (χ3v) is 3.60. The van der Waals surface area contributed by atoms with Crippen LogP contribution in [0, 0.1) is 0 Å². The van der Waals surface area contributed by atoms with Gasteiger partial charge in [-0.1, -0.05) is 0 Å². The van der Waals surface area contributed by atoms with Gasteiger partial charge in [0.1, 0.15) is 5.69 Å². The summed E-state index contributed by atoms with van der Waals surface area (Å²) in [7, 11) is 0. The minimum absolute atomic E-state index is 0.0553. The van der Waals surface area contributed by atoms with Gasteiger partial charge in [-0.2, -0.15) is 5.10 Å². The number of rotatable bonds is 3. The molecular weight excluding hydrogens is 268 g/mol. The van der Waals surface area contributed by atoms with E-state index in [0.717, 1.165) is 10.5 Å². The highest BCUT2D eigenvalue weighted by Gasteiger charge is 2.22. The van der Waals surface area contributed by atoms with E-state index in [4.69, 9.17) is 14.6 Å². The van der Waals surface area contributed by atoms with E-state index in [2.05, 4.69) is 10.2 Å². The Labute approximate surface area is 112 Å². The lowest BCUT2D eigenvalue weighted by Gasteiger charge is -2.07. The minimum atomic E-state index is -1.04. The summed E-state index contributed by atoms with van der Waals surface area (Å²) in [6.07, 6.45) is 1.92. The molecule has 1 aliphatic heterocycles. The molecule has 1 aromatic carbocycles. The number of hydrogen-bond donors (Lipinski definition) is 2. The monoisotopic (exact) mass is 278 g/mol. The lowest BCUT2D eigenvalue weighted by molar-refractivity contribution is 0.0690. The molecule has 6 nitrogen and oxygen atoms in total. The van der Waals surface area contributed by atoms with Crippen molar-refractivity contribution < 1.29 is 19.4 Å². The van der Waals surface area contributed by atoms with E-state index in [1.807, 2.05) is 12.3 Å². The molecule has 2 aromatic rings. The first-order valence-corrected chi connectivity index (χ1v) is 6.69. The Balaban J connectivity index is 2.11. The fourth-order valence-electron chi connectivity index (χ4n) is 1.92. The van der Waals surface area contributed by atoms with Crippen LogP contribution in [0.15, 0.2) is 23.1 Å². The summed E-state index contributed by atoms with van der Waals surface area (Å²) >= 11 is 1.51. The molecule has 2 heterocycles. The van der Waals surface area contributed by atoms with Crippen LogP contribution in [-0.2, 0) is 0 Å². The van der Waals surface area contributed by atoms with Crippen molar-refractivity contribution in [3.05, 3.63) is 23.9 Å². The summed E-state index contributed by atoms with van der Waals surface area (Å²) < 4.78 is 10.8. The largest absolute Gasteiger partial charge is 0.477 e. The maximum Gasteiger partial charge on any atom is 0.353 e.